The number of aryl methyl sites for hydroxylation is 1. The third-order valence-electron chi connectivity index (χ3n) is 5.50. The first-order chi connectivity index (χ1) is 13.2. The molecule has 4 rings (SSSR count). The molecule has 7 nitrogen and oxygen atoms in total. The van der Waals surface area contributed by atoms with Gasteiger partial charge in [-0.15, -0.1) is 0 Å². The van der Waals surface area contributed by atoms with E-state index in [0.717, 1.165) is 25.0 Å². The lowest BCUT2D eigenvalue weighted by Gasteiger charge is -2.22. The summed E-state index contributed by atoms with van der Waals surface area (Å²) in [5.41, 5.74) is 1.95. The summed E-state index contributed by atoms with van der Waals surface area (Å²) in [7, 11) is 0. The molecule has 0 spiro atoms. The van der Waals surface area contributed by atoms with Crippen LogP contribution in [0, 0.1) is 0 Å². The third-order valence-corrected chi connectivity index (χ3v) is 5.50. The summed E-state index contributed by atoms with van der Waals surface area (Å²) < 4.78 is 3.46. The van der Waals surface area contributed by atoms with E-state index >= 15 is 0 Å². The van der Waals surface area contributed by atoms with Crippen LogP contribution in [0.25, 0.3) is 16.7 Å². The van der Waals surface area contributed by atoms with Crippen LogP contribution in [-0.4, -0.2) is 50.4 Å². The summed E-state index contributed by atoms with van der Waals surface area (Å²) in [6.45, 7) is 5.29. The molecule has 1 aliphatic heterocycles. The largest absolute Gasteiger partial charge is 0.354 e. The summed E-state index contributed by atoms with van der Waals surface area (Å²) in [6, 6.07) is 7.86. The number of likely N-dealkylation sites (N-methyl/N-ethyl adjacent to an activating group) is 1. The number of hydrogen-bond donors (Lipinski definition) is 1. The number of nitrogens with zero attached hydrogens (tertiary/aromatic N) is 4. The molecule has 0 bridgehead atoms. The lowest BCUT2D eigenvalue weighted by atomic mass is 10.2. The molecule has 1 amide bonds. The minimum atomic E-state index is -0.119. The minimum absolute atomic E-state index is 0.0239. The van der Waals surface area contributed by atoms with E-state index in [0.29, 0.717) is 30.3 Å². The van der Waals surface area contributed by atoms with Crippen molar-refractivity contribution in [2.24, 2.45) is 0 Å². The Balaban J connectivity index is 1.49. The van der Waals surface area contributed by atoms with E-state index in [1.807, 2.05) is 28.8 Å². The molecular formula is C20H25N5O2. The van der Waals surface area contributed by atoms with Crippen LogP contribution in [0.4, 0.5) is 0 Å². The SMILES string of the molecule is CCN1CCC[C@H]1CNC(=O)CCn1c(=O)c2cccn2c2cccnc21. The number of hydrogen-bond acceptors (Lipinski definition) is 4. The van der Waals surface area contributed by atoms with Gasteiger partial charge in [-0.1, -0.05) is 6.92 Å². The van der Waals surface area contributed by atoms with E-state index in [1.165, 1.54) is 6.42 Å². The quantitative estimate of drug-likeness (QED) is 0.719. The Morgan fingerprint density at radius 2 is 2.15 bits per heavy atom. The van der Waals surface area contributed by atoms with E-state index in [4.69, 9.17) is 0 Å². The summed E-state index contributed by atoms with van der Waals surface area (Å²) >= 11 is 0. The van der Waals surface area contributed by atoms with Crippen LogP contribution in [0.1, 0.15) is 26.2 Å². The highest BCUT2D eigenvalue weighted by Gasteiger charge is 2.23. The molecule has 1 aliphatic rings. The van der Waals surface area contributed by atoms with Crippen molar-refractivity contribution in [3.8, 4) is 0 Å². The Morgan fingerprint density at radius 3 is 3.00 bits per heavy atom. The molecule has 0 radical (unpaired) electrons. The van der Waals surface area contributed by atoms with Crippen molar-refractivity contribution in [2.45, 2.75) is 38.8 Å². The molecule has 7 heteroatoms. The van der Waals surface area contributed by atoms with Crippen molar-refractivity contribution < 1.29 is 4.79 Å². The number of likely N-dealkylation sites (tertiary alicyclic amines) is 1. The second kappa shape index (κ2) is 7.52. The Bertz CT molecular complexity index is 1020. The van der Waals surface area contributed by atoms with E-state index in [2.05, 4.69) is 22.1 Å². The Labute approximate surface area is 157 Å². The standard InChI is InChI=1S/C20H25N5O2/c1-2-23-11-4-6-15(23)14-22-18(26)9-13-25-19-16(7-3-10-21-19)24-12-5-8-17(24)20(25)27/h3,5,7-8,10,12,15H,2,4,6,9,11,13-14H2,1H3,(H,22,26)/t15-/m0/s1. The summed E-state index contributed by atoms with van der Waals surface area (Å²) in [5, 5.41) is 3.04. The van der Waals surface area contributed by atoms with Crippen LogP contribution < -0.4 is 10.9 Å². The molecule has 0 aliphatic carbocycles. The minimum Gasteiger partial charge on any atom is -0.354 e. The monoisotopic (exact) mass is 367 g/mol. The average molecular weight is 367 g/mol. The molecule has 27 heavy (non-hydrogen) atoms. The van der Waals surface area contributed by atoms with Crippen LogP contribution in [0.2, 0.25) is 0 Å². The number of pyridine rings is 1. The van der Waals surface area contributed by atoms with Gasteiger partial charge in [0.1, 0.15) is 5.52 Å². The highest BCUT2D eigenvalue weighted by Crippen LogP contribution is 2.16. The van der Waals surface area contributed by atoms with Crippen LogP contribution in [0.5, 0.6) is 0 Å². The van der Waals surface area contributed by atoms with Gasteiger partial charge in [-0.2, -0.15) is 0 Å². The predicted octanol–water partition coefficient (Wildman–Crippen LogP) is 1.64. The molecule has 1 N–H and O–H groups in total. The number of nitrogens with one attached hydrogen (secondary N) is 1. The highest BCUT2D eigenvalue weighted by atomic mass is 16.2. The first kappa shape index (κ1) is 17.7. The summed E-state index contributed by atoms with van der Waals surface area (Å²) in [6.07, 6.45) is 6.12. The van der Waals surface area contributed by atoms with Gasteiger partial charge in [0.2, 0.25) is 5.91 Å². The molecule has 3 aromatic heterocycles. The van der Waals surface area contributed by atoms with Gasteiger partial charge in [0.25, 0.3) is 5.56 Å². The molecule has 1 saturated heterocycles. The zero-order chi connectivity index (χ0) is 18.8. The van der Waals surface area contributed by atoms with Gasteiger partial charge >= 0.3 is 0 Å². The van der Waals surface area contributed by atoms with E-state index < -0.39 is 0 Å². The molecule has 4 heterocycles. The zero-order valence-electron chi connectivity index (χ0n) is 15.6. The van der Waals surface area contributed by atoms with Crippen molar-refractivity contribution in [3.63, 3.8) is 0 Å². The van der Waals surface area contributed by atoms with Gasteiger partial charge in [-0.3, -0.25) is 19.1 Å². The fourth-order valence-electron chi connectivity index (χ4n) is 4.07. The summed E-state index contributed by atoms with van der Waals surface area (Å²) in [4.78, 5) is 32.0. The predicted molar refractivity (Wildman–Crippen MR) is 105 cm³/mol. The van der Waals surface area contributed by atoms with Gasteiger partial charge in [-0.05, 0) is 50.2 Å². The van der Waals surface area contributed by atoms with Gasteiger partial charge in [0.15, 0.2) is 5.65 Å². The van der Waals surface area contributed by atoms with E-state index in [-0.39, 0.29) is 17.9 Å². The van der Waals surface area contributed by atoms with Crippen molar-refractivity contribution in [3.05, 3.63) is 47.0 Å². The first-order valence-corrected chi connectivity index (χ1v) is 9.64. The smallest absolute Gasteiger partial charge is 0.276 e. The summed E-state index contributed by atoms with van der Waals surface area (Å²) in [5.74, 6) is -0.0239. The number of rotatable bonds is 6. The zero-order valence-corrected chi connectivity index (χ0v) is 15.6. The maximum Gasteiger partial charge on any atom is 0.276 e. The van der Waals surface area contributed by atoms with Crippen molar-refractivity contribution in [2.75, 3.05) is 19.6 Å². The van der Waals surface area contributed by atoms with Crippen molar-refractivity contribution >= 4 is 22.6 Å². The fraction of sp³-hybridized carbons (Fsp3) is 0.450. The van der Waals surface area contributed by atoms with E-state index in [1.54, 1.807) is 16.8 Å². The van der Waals surface area contributed by atoms with Crippen LogP contribution in [-0.2, 0) is 11.3 Å². The number of amides is 1. The molecule has 1 fully saturated rings. The molecule has 0 aromatic carbocycles. The lowest BCUT2D eigenvalue weighted by molar-refractivity contribution is -0.121. The average Bonchev–Trinajstić information content (AvgIpc) is 3.35. The van der Waals surface area contributed by atoms with Crippen LogP contribution in [0.3, 0.4) is 0 Å². The number of carbonyl (C=O) groups excluding carboxylic acids is 1. The van der Waals surface area contributed by atoms with Gasteiger partial charge in [0, 0.05) is 37.9 Å². The highest BCUT2D eigenvalue weighted by molar-refractivity contribution is 5.77. The van der Waals surface area contributed by atoms with Gasteiger partial charge in [-0.25, -0.2) is 4.98 Å². The second-order valence-corrected chi connectivity index (χ2v) is 7.05. The van der Waals surface area contributed by atoms with Gasteiger partial charge in [0.05, 0.1) is 5.52 Å². The maximum atomic E-state index is 12.8. The number of carbonyl (C=O) groups is 1. The first-order valence-electron chi connectivity index (χ1n) is 9.64. The fourth-order valence-corrected chi connectivity index (χ4v) is 4.07. The van der Waals surface area contributed by atoms with Crippen LogP contribution >= 0.6 is 0 Å². The van der Waals surface area contributed by atoms with Crippen molar-refractivity contribution in [1.29, 1.82) is 0 Å². The molecule has 142 valence electrons. The Hall–Kier alpha value is -2.67. The second-order valence-electron chi connectivity index (χ2n) is 7.05. The Kier molecular flexibility index (Phi) is 4.94. The number of aromatic nitrogens is 3. The number of fused-ring (bicyclic) bond motifs is 3. The topological polar surface area (TPSA) is 71.6 Å². The van der Waals surface area contributed by atoms with Crippen molar-refractivity contribution in [1.82, 2.24) is 24.2 Å². The van der Waals surface area contributed by atoms with Crippen LogP contribution in [0.15, 0.2) is 41.5 Å². The lowest BCUT2D eigenvalue weighted by Crippen LogP contribution is -2.40. The van der Waals surface area contributed by atoms with Gasteiger partial charge < -0.3 is 9.72 Å². The van der Waals surface area contributed by atoms with E-state index in [9.17, 15) is 9.59 Å². The molecular weight excluding hydrogens is 342 g/mol. The maximum absolute atomic E-state index is 12.8. The molecule has 1 atom stereocenters. The Morgan fingerprint density at radius 1 is 1.30 bits per heavy atom. The molecule has 0 unspecified atom stereocenters. The normalized spacial score (nSPS) is 17.7. The third kappa shape index (κ3) is 3.35. The molecule has 3 aromatic rings. The molecule has 0 saturated carbocycles.